The molecule has 0 atom stereocenters. The number of hydrogen-bond acceptors (Lipinski definition) is 2. The van der Waals surface area contributed by atoms with Crippen LogP contribution < -0.4 is 5.32 Å². The zero-order chi connectivity index (χ0) is 15.8. The summed E-state index contributed by atoms with van der Waals surface area (Å²) in [7, 11) is 0. The van der Waals surface area contributed by atoms with Gasteiger partial charge in [0, 0.05) is 12.1 Å². The molecular formula is C17H24BrN3. The molecule has 21 heavy (non-hydrogen) atoms. The van der Waals surface area contributed by atoms with Gasteiger partial charge in [-0.3, -0.25) is 0 Å². The molecular weight excluding hydrogens is 326 g/mol. The first kappa shape index (κ1) is 16.2. The first-order chi connectivity index (χ1) is 9.69. The topological polar surface area (TPSA) is 29.9 Å². The Hall–Kier alpha value is -1.13. The maximum Gasteiger partial charge on any atom is 0.0743 e. The number of aryl methyl sites for hydroxylation is 2. The highest BCUT2D eigenvalue weighted by Gasteiger charge is 2.15. The second-order valence-corrected chi connectivity index (χ2v) is 7.43. The lowest BCUT2D eigenvalue weighted by Gasteiger charge is -2.22. The van der Waals surface area contributed by atoms with Gasteiger partial charge < -0.3 is 5.32 Å². The second-order valence-electron chi connectivity index (χ2n) is 6.63. The molecule has 0 aliphatic heterocycles. The number of nitrogens with one attached hydrogen (secondary N) is 1. The maximum atomic E-state index is 4.66. The number of nitrogens with zero attached hydrogens (tertiary/aromatic N) is 2. The number of hydrogen-bond donors (Lipinski definition) is 1. The molecule has 0 fully saturated rings. The third-order valence-electron chi connectivity index (χ3n) is 3.48. The summed E-state index contributed by atoms with van der Waals surface area (Å²) in [4.78, 5) is 0. The minimum atomic E-state index is 0.0939. The van der Waals surface area contributed by atoms with Crippen molar-refractivity contribution in [1.29, 1.82) is 0 Å². The molecule has 0 aliphatic carbocycles. The molecule has 0 aliphatic rings. The largest absolute Gasteiger partial charge is 0.308 e. The third-order valence-corrected chi connectivity index (χ3v) is 4.62. The van der Waals surface area contributed by atoms with Crippen molar-refractivity contribution >= 4 is 15.9 Å². The van der Waals surface area contributed by atoms with Crippen molar-refractivity contribution in [1.82, 2.24) is 15.1 Å². The van der Waals surface area contributed by atoms with Gasteiger partial charge in [-0.05, 0) is 69.1 Å². The van der Waals surface area contributed by atoms with E-state index < -0.39 is 0 Å². The average molecular weight is 350 g/mol. The molecule has 0 saturated carbocycles. The summed E-state index contributed by atoms with van der Waals surface area (Å²) >= 11 is 3.61. The van der Waals surface area contributed by atoms with Gasteiger partial charge in [0.25, 0.3) is 0 Å². The van der Waals surface area contributed by atoms with Crippen LogP contribution in [0, 0.1) is 20.8 Å². The smallest absolute Gasteiger partial charge is 0.0743 e. The zero-order valence-electron chi connectivity index (χ0n) is 13.7. The summed E-state index contributed by atoms with van der Waals surface area (Å²) in [5.74, 6) is 0. The Bertz CT molecular complexity index is 651. The molecule has 1 aromatic carbocycles. The quantitative estimate of drug-likeness (QED) is 0.886. The summed E-state index contributed by atoms with van der Waals surface area (Å²) < 4.78 is 3.11. The SMILES string of the molecule is Cc1ccc(-n2nc(C)c(Br)c2C)c(CNC(C)(C)C)c1. The molecule has 0 bridgehead atoms. The van der Waals surface area contributed by atoms with Crippen molar-refractivity contribution in [2.75, 3.05) is 0 Å². The Labute approximate surface area is 135 Å². The van der Waals surface area contributed by atoms with Gasteiger partial charge in [0.05, 0.1) is 21.5 Å². The highest BCUT2D eigenvalue weighted by atomic mass is 79.9. The van der Waals surface area contributed by atoms with Crippen LogP contribution in [0.4, 0.5) is 0 Å². The second kappa shape index (κ2) is 5.93. The standard InChI is InChI=1S/C17H24BrN3/c1-11-7-8-15(14(9-11)10-19-17(4,5)6)21-13(3)16(18)12(2)20-21/h7-9,19H,10H2,1-6H3. The summed E-state index contributed by atoms with van der Waals surface area (Å²) in [5.41, 5.74) is 5.92. The molecule has 1 aromatic heterocycles. The minimum absolute atomic E-state index is 0.0939. The molecule has 1 heterocycles. The van der Waals surface area contributed by atoms with Gasteiger partial charge in [0.15, 0.2) is 0 Å². The van der Waals surface area contributed by atoms with Crippen LogP contribution in [0.3, 0.4) is 0 Å². The van der Waals surface area contributed by atoms with Gasteiger partial charge in [-0.15, -0.1) is 0 Å². The van der Waals surface area contributed by atoms with Crippen LogP contribution in [0.1, 0.15) is 43.3 Å². The first-order valence-electron chi connectivity index (χ1n) is 7.25. The molecule has 2 aromatic rings. The normalized spacial score (nSPS) is 12.0. The molecule has 114 valence electrons. The monoisotopic (exact) mass is 349 g/mol. The van der Waals surface area contributed by atoms with E-state index in [1.165, 1.54) is 11.1 Å². The summed E-state index contributed by atoms with van der Waals surface area (Å²) in [6.45, 7) is 13.6. The fraction of sp³-hybridized carbons (Fsp3) is 0.471. The van der Waals surface area contributed by atoms with E-state index >= 15 is 0 Å². The van der Waals surface area contributed by atoms with Crippen LogP contribution >= 0.6 is 15.9 Å². The summed E-state index contributed by atoms with van der Waals surface area (Å²) in [6.07, 6.45) is 0. The highest BCUT2D eigenvalue weighted by Crippen LogP contribution is 2.25. The predicted octanol–water partition coefficient (Wildman–Crippen LogP) is 4.45. The van der Waals surface area contributed by atoms with Gasteiger partial charge in [0.1, 0.15) is 0 Å². The van der Waals surface area contributed by atoms with Gasteiger partial charge in [-0.25, -0.2) is 4.68 Å². The molecule has 4 heteroatoms. The van der Waals surface area contributed by atoms with Crippen molar-refractivity contribution in [3.05, 3.63) is 45.2 Å². The van der Waals surface area contributed by atoms with Gasteiger partial charge in [-0.1, -0.05) is 17.7 Å². The number of rotatable bonds is 3. The molecule has 0 spiro atoms. The molecule has 3 nitrogen and oxygen atoms in total. The van der Waals surface area contributed by atoms with Crippen LogP contribution in [0.25, 0.3) is 5.69 Å². The first-order valence-corrected chi connectivity index (χ1v) is 8.05. The number of halogens is 1. The van der Waals surface area contributed by atoms with Crippen molar-refractivity contribution in [2.45, 2.75) is 53.6 Å². The Kier molecular flexibility index (Phi) is 4.59. The van der Waals surface area contributed by atoms with Gasteiger partial charge in [0.2, 0.25) is 0 Å². The minimum Gasteiger partial charge on any atom is -0.308 e. The third kappa shape index (κ3) is 3.74. The molecule has 1 N–H and O–H groups in total. The number of benzene rings is 1. The fourth-order valence-corrected chi connectivity index (χ4v) is 2.53. The average Bonchev–Trinajstić information content (AvgIpc) is 2.63. The molecule has 0 unspecified atom stereocenters. The predicted molar refractivity (Wildman–Crippen MR) is 92.1 cm³/mol. The lowest BCUT2D eigenvalue weighted by molar-refractivity contribution is 0.423. The van der Waals surface area contributed by atoms with E-state index in [2.05, 4.69) is 79.2 Å². The Morgan fingerprint density at radius 2 is 1.86 bits per heavy atom. The van der Waals surface area contributed by atoms with Crippen molar-refractivity contribution in [3.63, 3.8) is 0 Å². The molecule has 0 radical (unpaired) electrons. The van der Waals surface area contributed by atoms with E-state index in [-0.39, 0.29) is 5.54 Å². The Morgan fingerprint density at radius 3 is 2.38 bits per heavy atom. The van der Waals surface area contributed by atoms with E-state index in [4.69, 9.17) is 0 Å². The summed E-state index contributed by atoms with van der Waals surface area (Å²) in [6, 6.07) is 6.53. The van der Waals surface area contributed by atoms with Crippen LogP contribution in [0.2, 0.25) is 0 Å². The molecule has 0 saturated heterocycles. The van der Waals surface area contributed by atoms with E-state index in [0.29, 0.717) is 0 Å². The van der Waals surface area contributed by atoms with E-state index in [0.717, 1.165) is 28.1 Å². The van der Waals surface area contributed by atoms with Crippen molar-refractivity contribution in [2.24, 2.45) is 0 Å². The van der Waals surface area contributed by atoms with Crippen LogP contribution in [0.15, 0.2) is 22.7 Å². The Morgan fingerprint density at radius 1 is 1.19 bits per heavy atom. The van der Waals surface area contributed by atoms with Crippen LogP contribution in [0.5, 0.6) is 0 Å². The lowest BCUT2D eigenvalue weighted by atomic mass is 10.1. The highest BCUT2D eigenvalue weighted by molar-refractivity contribution is 9.10. The van der Waals surface area contributed by atoms with E-state index in [1.807, 2.05) is 11.6 Å². The number of aromatic nitrogens is 2. The lowest BCUT2D eigenvalue weighted by Crippen LogP contribution is -2.35. The summed E-state index contributed by atoms with van der Waals surface area (Å²) in [5, 5.41) is 8.22. The van der Waals surface area contributed by atoms with Crippen LogP contribution in [-0.2, 0) is 6.54 Å². The Balaban J connectivity index is 2.46. The maximum absolute atomic E-state index is 4.66. The van der Waals surface area contributed by atoms with E-state index in [1.54, 1.807) is 0 Å². The molecule has 0 amide bonds. The van der Waals surface area contributed by atoms with Gasteiger partial charge >= 0.3 is 0 Å². The van der Waals surface area contributed by atoms with Gasteiger partial charge in [-0.2, -0.15) is 5.10 Å². The van der Waals surface area contributed by atoms with Crippen LogP contribution in [-0.4, -0.2) is 15.3 Å². The zero-order valence-corrected chi connectivity index (χ0v) is 15.3. The van der Waals surface area contributed by atoms with Crippen molar-refractivity contribution in [3.8, 4) is 5.69 Å². The molecule has 2 rings (SSSR count). The fourth-order valence-electron chi connectivity index (χ4n) is 2.28. The van der Waals surface area contributed by atoms with Crippen molar-refractivity contribution < 1.29 is 0 Å². The van der Waals surface area contributed by atoms with E-state index in [9.17, 15) is 0 Å².